The first-order valence-electron chi connectivity index (χ1n) is 3.42. The minimum atomic E-state index is -0.394. The Bertz CT molecular complexity index is 109. The van der Waals surface area contributed by atoms with Crippen LogP contribution in [0, 0.1) is 0 Å². The summed E-state index contributed by atoms with van der Waals surface area (Å²) in [7, 11) is 0. The summed E-state index contributed by atoms with van der Waals surface area (Å²) >= 11 is 0. The quantitative estimate of drug-likeness (QED) is 0.524. The smallest absolute Gasteiger partial charge is 0.0958 e. The Kier molecular flexibility index (Phi) is 2.62. The lowest BCUT2D eigenvalue weighted by molar-refractivity contribution is -0.145. The molecule has 2 atom stereocenters. The largest absolute Gasteiger partial charge is 0.395 e. The zero-order valence-corrected chi connectivity index (χ0v) is 6.03. The van der Waals surface area contributed by atoms with E-state index < -0.39 is 6.10 Å². The second kappa shape index (κ2) is 3.30. The maximum Gasteiger partial charge on any atom is 0.0958 e. The molecule has 1 fully saturated rings. The molecule has 4 heteroatoms. The molecule has 2 N–H and O–H groups in total. The molecule has 1 saturated heterocycles. The lowest BCUT2D eigenvalue weighted by Crippen LogP contribution is -2.33. The first-order valence-corrected chi connectivity index (χ1v) is 3.42. The summed E-state index contributed by atoms with van der Waals surface area (Å²) in [5, 5.41) is 19.3. The number of hydrogen-bond acceptors (Lipinski definition) is 4. The molecule has 1 aliphatic heterocycles. The molecule has 0 aromatic carbocycles. The van der Waals surface area contributed by atoms with Crippen molar-refractivity contribution >= 4 is 0 Å². The number of rotatable bonds is 2. The van der Waals surface area contributed by atoms with Crippen LogP contribution in [0.5, 0.6) is 0 Å². The van der Waals surface area contributed by atoms with E-state index in [1.54, 1.807) is 5.06 Å². The van der Waals surface area contributed by atoms with E-state index in [0.717, 1.165) is 0 Å². The summed E-state index contributed by atoms with van der Waals surface area (Å²) in [6, 6.07) is -0.0165. The molecule has 0 aromatic rings. The molecule has 1 unspecified atom stereocenters. The number of β-amino-alcohol motifs (C(OH)–C–C–N with tert-alkyl or cyclic N) is 1. The highest BCUT2D eigenvalue weighted by atomic mass is 16.7. The van der Waals surface area contributed by atoms with Crippen molar-refractivity contribution in [1.82, 2.24) is 5.06 Å². The summed E-state index contributed by atoms with van der Waals surface area (Å²) in [6.07, 6.45) is -0.394. The number of nitrogens with zero attached hydrogens (tertiary/aromatic N) is 1. The van der Waals surface area contributed by atoms with Gasteiger partial charge in [0.15, 0.2) is 0 Å². The molecular formula is C6H13NO3. The molecule has 0 bridgehead atoms. The van der Waals surface area contributed by atoms with Crippen LogP contribution in [0.25, 0.3) is 0 Å². The maximum atomic E-state index is 9.00. The van der Waals surface area contributed by atoms with Crippen molar-refractivity contribution < 1.29 is 15.1 Å². The summed E-state index contributed by atoms with van der Waals surface area (Å²) in [5.74, 6) is 0. The van der Waals surface area contributed by atoms with Gasteiger partial charge in [0, 0.05) is 0 Å². The van der Waals surface area contributed by atoms with Crippen molar-refractivity contribution in [2.45, 2.75) is 19.1 Å². The number of hydroxylamine groups is 2. The van der Waals surface area contributed by atoms with Crippen molar-refractivity contribution in [3.05, 3.63) is 0 Å². The Balaban J connectivity index is 2.29. The highest BCUT2D eigenvalue weighted by Gasteiger charge is 2.24. The van der Waals surface area contributed by atoms with Crippen LogP contribution in [0.3, 0.4) is 0 Å². The second-order valence-electron chi connectivity index (χ2n) is 2.58. The van der Waals surface area contributed by atoms with Crippen LogP contribution in [0.4, 0.5) is 0 Å². The number of aliphatic hydroxyl groups excluding tert-OH is 2. The van der Waals surface area contributed by atoms with Gasteiger partial charge in [-0.3, -0.25) is 4.84 Å². The average molecular weight is 147 g/mol. The van der Waals surface area contributed by atoms with Gasteiger partial charge >= 0.3 is 0 Å². The third kappa shape index (κ3) is 1.67. The van der Waals surface area contributed by atoms with E-state index in [4.69, 9.17) is 15.1 Å². The molecule has 0 saturated carbocycles. The number of aliphatic hydroxyl groups is 2. The summed E-state index contributed by atoms with van der Waals surface area (Å²) < 4.78 is 0. The highest BCUT2D eigenvalue weighted by molar-refractivity contribution is 4.68. The topological polar surface area (TPSA) is 52.9 Å². The molecule has 60 valence electrons. The fourth-order valence-electron chi connectivity index (χ4n) is 0.893. The fourth-order valence-corrected chi connectivity index (χ4v) is 0.893. The lowest BCUT2D eigenvalue weighted by Gasteiger charge is -2.19. The molecule has 4 nitrogen and oxygen atoms in total. The maximum absolute atomic E-state index is 9.00. The molecule has 1 rings (SSSR count). The minimum Gasteiger partial charge on any atom is -0.395 e. The molecule has 0 amide bonds. The van der Waals surface area contributed by atoms with Crippen LogP contribution in [0.2, 0.25) is 0 Å². The minimum absolute atomic E-state index is 0.0165. The van der Waals surface area contributed by atoms with Crippen molar-refractivity contribution in [1.29, 1.82) is 0 Å². The normalized spacial score (nSPS) is 30.9. The monoisotopic (exact) mass is 147 g/mol. The predicted molar refractivity (Wildman–Crippen MR) is 35.2 cm³/mol. The van der Waals surface area contributed by atoms with Gasteiger partial charge in [-0.2, -0.15) is 5.06 Å². The van der Waals surface area contributed by atoms with Crippen LogP contribution >= 0.6 is 0 Å². The molecule has 1 aliphatic rings. The first-order chi connectivity index (χ1) is 4.74. The molecular weight excluding hydrogens is 134 g/mol. The Morgan fingerprint density at radius 2 is 2.50 bits per heavy atom. The molecule has 0 spiro atoms. The van der Waals surface area contributed by atoms with Crippen LogP contribution in [0.15, 0.2) is 0 Å². The van der Waals surface area contributed by atoms with Crippen molar-refractivity contribution in [2.24, 2.45) is 0 Å². The first kappa shape index (κ1) is 7.94. The van der Waals surface area contributed by atoms with Gasteiger partial charge in [0.25, 0.3) is 0 Å². The van der Waals surface area contributed by atoms with Gasteiger partial charge in [-0.05, 0) is 6.92 Å². The SMILES string of the molecule is CC(CO)N1C[C@H](O)CO1. The molecule has 0 aromatic heterocycles. The summed E-state index contributed by atoms with van der Waals surface area (Å²) in [5.41, 5.74) is 0. The lowest BCUT2D eigenvalue weighted by atomic mass is 10.3. The van der Waals surface area contributed by atoms with Crippen LogP contribution in [-0.2, 0) is 4.84 Å². The second-order valence-corrected chi connectivity index (χ2v) is 2.58. The van der Waals surface area contributed by atoms with Crippen LogP contribution in [-0.4, -0.2) is 47.2 Å². The van der Waals surface area contributed by atoms with Gasteiger partial charge in [-0.15, -0.1) is 0 Å². The van der Waals surface area contributed by atoms with Gasteiger partial charge in [0.1, 0.15) is 0 Å². The van der Waals surface area contributed by atoms with Crippen molar-refractivity contribution in [3.63, 3.8) is 0 Å². The van der Waals surface area contributed by atoms with Gasteiger partial charge in [0.05, 0.1) is 31.9 Å². The van der Waals surface area contributed by atoms with Gasteiger partial charge in [0.2, 0.25) is 0 Å². The average Bonchev–Trinajstić information content (AvgIpc) is 2.34. The number of hydrogen-bond donors (Lipinski definition) is 2. The van der Waals surface area contributed by atoms with E-state index in [0.29, 0.717) is 13.2 Å². The fraction of sp³-hybridized carbons (Fsp3) is 1.00. The van der Waals surface area contributed by atoms with E-state index >= 15 is 0 Å². The molecule has 0 radical (unpaired) electrons. The highest BCUT2D eigenvalue weighted by Crippen LogP contribution is 2.08. The Morgan fingerprint density at radius 3 is 2.90 bits per heavy atom. The van der Waals surface area contributed by atoms with Crippen LogP contribution < -0.4 is 0 Å². The third-order valence-corrected chi connectivity index (χ3v) is 1.58. The van der Waals surface area contributed by atoms with Crippen molar-refractivity contribution in [3.8, 4) is 0 Å². The zero-order chi connectivity index (χ0) is 7.56. The van der Waals surface area contributed by atoms with E-state index in [1.165, 1.54) is 0 Å². The predicted octanol–water partition coefficient (Wildman–Crippen LogP) is -1.02. The van der Waals surface area contributed by atoms with Gasteiger partial charge in [-0.1, -0.05) is 0 Å². The molecule has 0 aliphatic carbocycles. The van der Waals surface area contributed by atoms with Gasteiger partial charge in [-0.25, -0.2) is 0 Å². The van der Waals surface area contributed by atoms with E-state index in [9.17, 15) is 0 Å². The van der Waals surface area contributed by atoms with Crippen molar-refractivity contribution in [2.75, 3.05) is 19.8 Å². The summed E-state index contributed by atoms with van der Waals surface area (Å²) in [6.45, 7) is 2.76. The van der Waals surface area contributed by atoms with Gasteiger partial charge < -0.3 is 10.2 Å². The van der Waals surface area contributed by atoms with E-state index in [-0.39, 0.29) is 12.6 Å². The Hall–Kier alpha value is -0.160. The zero-order valence-electron chi connectivity index (χ0n) is 6.03. The van der Waals surface area contributed by atoms with Crippen LogP contribution in [0.1, 0.15) is 6.92 Å². The van der Waals surface area contributed by atoms with E-state index in [2.05, 4.69) is 0 Å². The molecule has 10 heavy (non-hydrogen) atoms. The van der Waals surface area contributed by atoms with E-state index in [1.807, 2.05) is 6.92 Å². The third-order valence-electron chi connectivity index (χ3n) is 1.58. The molecule has 1 heterocycles. The standard InChI is InChI=1S/C6H13NO3/c1-5(3-8)7-2-6(9)4-10-7/h5-6,8-9H,2-4H2,1H3/t5?,6-/m0/s1. The Labute approximate surface area is 60.0 Å². The summed E-state index contributed by atoms with van der Waals surface area (Å²) in [4.78, 5) is 5.04. The Morgan fingerprint density at radius 1 is 1.80 bits per heavy atom.